The van der Waals surface area contributed by atoms with E-state index in [1.807, 2.05) is 0 Å². The molecule has 2 heteroatoms. The van der Waals surface area contributed by atoms with Gasteiger partial charge in [0, 0.05) is 0 Å². The molecule has 0 atom stereocenters. The second-order valence-electron chi connectivity index (χ2n) is 1.97. The predicted molar refractivity (Wildman–Crippen MR) is 36.3 cm³/mol. The standard InChI is InChI=1S/C6H13O.Na/c1-3-5-7-6-4-2;/h1,3-6H2,2H3;. The first-order valence-corrected chi connectivity index (χ1v) is 4.91. The van der Waals surface area contributed by atoms with Gasteiger partial charge in [-0.2, -0.15) is 0 Å². The first-order valence-electron chi connectivity index (χ1n) is 3.49. The molecule has 0 N–H and O–H groups in total. The molecule has 0 fully saturated rings. The van der Waals surface area contributed by atoms with Gasteiger partial charge in [0.25, 0.3) is 0 Å². The molecule has 0 amide bonds. The van der Waals surface area contributed by atoms with Crippen molar-refractivity contribution in [3.05, 3.63) is 0 Å². The molecule has 0 aliphatic rings. The molecule has 0 heterocycles. The Balaban J connectivity index is 2.53. The van der Waals surface area contributed by atoms with Crippen LogP contribution in [0.2, 0.25) is 3.67 Å². The summed E-state index contributed by atoms with van der Waals surface area (Å²) < 4.78 is 6.62. The normalized spacial score (nSPS) is 9.88. The van der Waals surface area contributed by atoms with Crippen LogP contribution in [0.1, 0.15) is 19.8 Å². The van der Waals surface area contributed by atoms with Gasteiger partial charge in [0.15, 0.2) is 0 Å². The maximum atomic E-state index is 5.25. The third kappa shape index (κ3) is 6.96. The van der Waals surface area contributed by atoms with Crippen LogP contribution in [0.5, 0.6) is 0 Å². The molecule has 0 aromatic heterocycles. The van der Waals surface area contributed by atoms with Crippen LogP contribution in [0.4, 0.5) is 0 Å². The Bertz CT molecular complexity index is 33.5. The number of rotatable bonds is 5. The van der Waals surface area contributed by atoms with Crippen molar-refractivity contribution in [2.75, 3.05) is 13.2 Å². The van der Waals surface area contributed by atoms with E-state index in [0.29, 0.717) is 0 Å². The van der Waals surface area contributed by atoms with Crippen molar-refractivity contribution in [2.24, 2.45) is 0 Å². The van der Waals surface area contributed by atoms with E-state index < -0.39 is 0 Å². The molecule has 0 unspecified atom stereocenters. The van der Waals surface area contributed by atoms with Crippen LogP contribution in [0.25, 0.3) is 0 Å². The summed E-state index contributed by atoms with van der Waals surface area (Å²) in [5.41, 5.74) is 0. The average molecular weight is 124 g/mol. The van der Waals surface area contributed by atoms with Crippen LogP contribution < -0.4 is 0 Å². The Morgan fingerprint density at radius 3 is 2.62 bits per heavy atom. The molecule has 0 bridgehead atoms. The molecule has 44 valence electrons. The third-order valence-electron chi connectivity index (χ3n) is 0.991. The number of hydrogen-bond donors (Lipinski definition) is 0. The zero-order valence-corrected chi connectivity index (χ0v) is 7.94. The van der Waals surface area contributed by atoms with E-state index in [1.54, 1.807) is 0 Å². The Kier molecular flexibility index (Phi) is 8.92. The Morgan fingerprint density at radius 2 is 2.12 bits per heavy atom. The first kappa shape index (κ1) is 8.96. The summed E-state index contributed by atoms with van der Waals surface area (Å²) in [5, 5.41) is 0. The van der Waals surface area contributed by atoms with E-state index in [0.717, 1.165) is 19.6 Å². The molecule has 1 nitrogen and oxygen atoms in total. The molecule has 0 saturated heterocycles. The molecule has 8 heavy (non-hydrogen) atoms. The van der Waals surface area contributed by atoms with Crippen molar-refractivity contribution in [1.29, 1.82) is 0 Å². The molecular formula is C6H13NaO. The second kappa shape index (κ2) is 7.96. The minimum atomic E-state index is 0.946. The monoisotopic (exact) mass is 124 g/mol. The maximum absolute atomic E-state index is 5.25. The third-order valence-corrected chi connectivity index (χ3v) is 1.70. The van der Waals surface area contributed by atoms with Gasteiger partial charge in [-0.15, -0.1) is 0 Å². The van der Waals surface area contributed by atoms with Crippen LogP contribution in [0, 0.1) is 0 Å². The van der Waals surface area contributed by atoms with Gasteiger partial charge in [-0.25, -0.2) is 0 Å². The second-order valence-corrected chi connectivity index (χ2v) is 2.97. The SMILES string of the molecule is CCCOCC[CH2][Na]. The number of ether oxygens (including phenoxy) is 1. The fourth-order valence-electron chi connectivity index (χ4n) is 0.493. The summed E-state index contributed by atoms with van der Waals surface area (Å²) in [6.45, 7) is 4.07. The molecule has 0 radical (unpaired) electrons. The predicted octanol–water partition coefficient (Wildman–Crippen LogP) is 1.39. The molecule has 0 aliphatic heterocycles. The summed E-state index contributed by atoms with van der Waals surface area (Å²) in [6.07, 6.45) is 2.42. The zero-order valence-electron chi connectivity index (χ0n) is 5.94. The average Bonchev–Trinajstić information content (AvgIpc) is 1.81. The van der Waals surface area contributed by atoms with Gasteiger partial charge >= 0.3 is 69.3 Å². The van der Waals surface area contributed by atoms with Crippen LogP contribution >= 0.6 is 0 Å². The van der Waals surface area contributed by atoms with Crippen molar-refractivity contribution >= 4 is 27.9 Å². The summed E-state index contributed by atoms with van der Waals surface area (Å²) in [7, 11) is 0. The summed E-state index contributed by atoms with van der Waals surface area (Å²) in [5.74, 6) is 0. The van der Waals surface area contributed by atoms with Crippen LogP contribution in [0.3, 0.4) is 0 Å². The molecule has 0 aromatic carbocycles. The summed E-state index contributed by atoms with van der Waals surface area (Å²) in [4.78, 5) is 0. The quantitative estimate of drug-likeness (QED) is 0.397. The molecular weight excluding hydrogens is 111 g/mol. The van der Waals surface area contributed by atoms with Crippen molar-refractivity contribution in [2.45, 2.75) is 23.4 Å². The van der Waals surface area contributed by atoms with E-state index in [4.69, 9.17) is 4.74 Å². The summed E-state index contributed by atoms with van der Waals surface area (Å²) >= 11 is 1.33. The van der Waals surface area contributed by atoms with Gasteiger partial charge in [-0.3, -0.25) is 0 Å². The van der Waals surface area contributed by atoms with E-state index in [9.17, 15) is 0 Å². The molecule has 0 aromatic rings. The van der Waals surface area contributed by atoms with Crippen LogP contribution in [-0.2, 0) is 4.74 Å². The minimum absolute atomic E-state index is 0.946. The van der Waals surface area contributed by atoms with Gasteiger partial charge < -0.3 is 0 Å². The van der Waals surface area contributed by atoms with Gasteiger partial charge in [-0.1, -0.05) is 0 Å². The Labute approximate surface area is 69.2 Å². The summed E-state index contributed by atoms with van der Waals surface area (Å²) in [6, 6.07) is 0. The van der Waals surface area contributed by atoms with Gasteiger partial charge in [0.2, 0.25) is 0 Å². The van der Waals surface area contributed by atoms with Crippen molar-refractivity contribution in [1.82, 2.24) is 0 Å². The fraction of sp³-hybridized carbons (Fsp3) is 1.00. The topological polar surface area (TPSA) is 9.23 Å². The van der Waals surface area contributed by atoms with Gasteiger partial charge in [-0.05, 0) is 0 Å². The zero-order chi connectivity index (χ0) is 6.24. The van der Waals surface area contributed by atoms with E-state index in [-0.39, 0.29) is 0 Å². The molecule has 0 spiro atoms. The molecule has 0 rings (SSSR count). The Hall–Kier alpha value is 0.960. The fourth-order valence-corrected chi connectivity index (χ4v) is 0.781. The van der Waals surface area contributed by atoms with E-state index in [1.165, 1.54) is 38.0 Å². The van der Waals surface area contributed by atoms with Crippen LogP contribution in [0.15, 0.2) is 0 Å². The van der Waals surface area contributed by atoms with Crippen molar-refractivity contribution in [3.8, 4) is 0 Å². The Morgan fingerprint density at radius 1 is 1.38 bits per heavy atom. The van der Waals surface area contributed by atoms with E-state index in [2.05, 4.69) is 6.92 Å². The first-order chi connectivity index (χ1) is 3.91. The van der Waals surface area contributed by atoms with Gasteiger partial charge in [0.1, 0.15) is 0 Å². The molecule has 0 aliphatic carbocycles. The van der Waals surface area contributed by atoms with E-state index >= 15 is 0 Å². The number of hydrogen-bond acceptors (Lipinski definition) is 1. The molecule has 0 saturated carbocycles. The van der Waals surface area contributed by atoms with Crippen molar-refractivity contribution in [3.63, 3.8) is 0 Å². The van der Waals surface area contributed by atoms with Gasteiger partial charge in [0.05, 0.1) is 0 Å². The van der Waals surface area contributed by atoms with Crippen molar-refractivity contribution < 1.29 is 4.74 Å². The van der Waals surface area contributed by atoms with Crippen LogP contribution in [-0.4, -0.2) is 41.1 Å².